The second kappa shape index (κ2) is 6.36. The van der Waals surface area contributed by atoms with Gasteiger partial charge in [-0.05, 0) is 30.3 Å². The van der Waals surface area contributed by atoms with Gasteiger partial charge in [-0.15, -0.1) is 0 Å². The van der Waals surface area contributed by atoms with Gasteiger partial charge in [0.2, 0.25) is 0 Å². The van der Waals surface area contributed by atoms with E-state index in [0.29, 0.717) is 6.54 Å². The fourth-order valence-electron chi connectivity index (χ4n) is 2.09. The fourth-order valence-corrected chi connectivity index (χ4v) is 2.09. The molecule has 2 rings (SSSR count). The molecule has 1 atom stereocenters. The number of likely N-dealkylation sites (N-methyl/N-ethyl adjacent to an activating group) is 1. The van der Waals surface area contributed by atoms with Crippen molar-refractivity contribution in [3.63, 3.8) is 0 Å². The van der Waals surface area contributed by atoms with Crippen molar-refractivity contribution in [2.75, 3.05) is 20.7 Å². The minimum atomic E-state index is -0.515. The molecule has 0 aromatic heterocycles. The van der Waals surface area contributed by atoms with E-state index < -0.39 is 6.10 Å². The van der Waals surface area contributed by atoms with E-state index >= 15 is 0 Å². The Morgan fingerprint density at radius 3 is 2.53 bits per heavy atom. The molecule has 1 unspecified atom stereocenters. The second-order valence-corrected chi connectivity index (χ2v) is 4.40. The summed E-state index contributed by atoms with van der Waals surface area (Å²) in [6.45, 7) is 0.528. The fraction of sp³-hybridized carbons (Fsp3) is 0.250. The van der Waals surface area contributed by atoms with Crippen molar-refractivity contribution in [1.82, 2.24) is 5.32 Å². The minimum Gasteiger partial charge on any atom is -0.496 e. The van der Waals surface area contributed by atoms with Gasteiger partial charge in [0.15, 0.2) is 0 Å². The highest BCUT2D eigenvalue weighted by molar-refractivity contribution is 5.71. The molecule has 0 bridgehead atoms. The van der Waals surface area contributed by atoms with Crippen molar-refractivity contribution in [2.24, 2.45) is 0 Å². The van der Waals surface area contributed by atoms with Crippen LogP contribution in [0.3, 0.4) is 0 Å². The summed E-state index contributed by atoms with van der Waals surface area (Å²) < 4.78 is 5.40. The van der Waals surface area contributed by atoms with Crippen LogP contribution in [0.5, 0.6) is 5.75 Å². The van der Waals surface area contributed by atoms with Gasteiger partial charge in [-0.25, -0.2) is 0 Å². The number of aliphatic hydroxyl groups is 1. The van der Waals surface area contributed by atoms with Crippen LogP contribution in [0.4, 0.5) is 0 Å². The van der Waals surface area contributed by atoms with Crippen LogP contribution >= 0.6 is 0 Å². The van der Waals surface area contributed by atoms with Crippen LogP contribution in [0.2, 0.25) is 0 Å². The molecule has 0 fully saturated rings. The predicted octanol–water partition coefficient (Wildman–Crippen LogP) is 2.62. The smallest absolute Gasteiger partial charge is 0.126 e. The van der Waals surface area contributed by atoms with Crippen molar-refractivity contribution in [3.05, 3.63) is 54.1 Å². The number of hydrogen-bond donors (Lipinski definition) is 2. The molecule has 100 valence electrons. The molecule has 0 aliphatic heterocycles. The highest BCUT2D eigenvalue weighted by Crippen LogP contribution is 2.32. The molecule has 0 radical (unpaired) electrons. The van der Waals surface area contributed by atoms with Gasteiger partial charge in [0, 0.05) is 12.1 Å². The molecular formula is C16H19NO2. The Kier molecular flexibility index (Phi) is 4.55. The van der Waals surface area contributed by atoms with Crippen molar-refractivity contribution < 1.29 is 9.84 Å². The van der Waals surface area contributed by atoms with Gasteiger partial charge in [0.1, 0.15) is 5.75 Å². The topological polar surface area (TPSA) is 41.5 Å². The van der Waals surface area contributed by atoms with Crippen molar-refractivity contribution in [1.29, 1.82) is 0 Å². The molecule has 0 aliphatic carbocycles. The van der Waals surface area contributed by atoms with E-state index in [1.54, 1.807) is 7.11 Å². The Bertz CT molecular complexity index is 526. The van der Waals surface area contributed by atoms with Gasteiger partial charge >= 0.3 is 0 Å². The SMILES string of the molecule is CNCC(O)c1ccc(OC)c(-c2ccccc2)c1. The third kappa shape index (κ3) is 3.13. The van der Waals surface area contributed by atoms with Crippen molar-refractivity contribution in [2.45, 2.75) is 6.10 Å². The standard InChI is InChI=1S/C16H19NO2/c1-17-11-15(18)13-8-9-16(19-2)14(10-13)12-6-4-3-5-7-12/h3-10,15,17-18H,11H2,1-2H3. The van der Waals surface area contributed by atoms with Crippen LogP contribution in [0.1, 0.15) is 11.7 Å². The van der Waals surface area contributed by atoms with E-state index in [1.807, 2.05) is 55.6 Å². The summed E-state index contributed by atoms with van der Waals surface area (Å²) in [5.41, 5.74) is 2.96. The monoisotopic (exact) mass is 257 g/mol. The summed E-state index contributed by atoms with van der Waals surface area (Å²) in [6, 6.07) is 15.8. The number of ether oxygens (including phenoxy) is 1. The molecular weight excluding hydrogens is 238 g/mol. The number of hydrogen-bond acceptors (Lipinski definition) is 3. The van der Waals surface area contributed by atoms with E-state index in [1.165, 1.54) is 0 Å². The van der Waals surface area contributed by atoms with E-state index in [0.717, 1.165) is 22.4 Å². The van der Waals surface area contributed by atoms with Crippen LogP contribution < -0.4 is 10.1 Å². The lowest BCUT2D eigenvalue weighted by atomic mass is 9.99. The third-order valence-electron chi connectivity index (χ3n) is 3.09. The van der Waals surface area contributed by atoms with Gasteiger partial charge in [0.05, 0.1) is 13.2 Å². The third-order valence-corrected chi connectivity index (χ3v) is 3.09. The zero-order valence-corrected chi connectivity index (χ0v) is 11.3. The lowest BCUT2D eigenvalue weighted by Gasteiger charge is -2.14. The molecule has 2 N–H and O–H groups in total. The summed E-state index contributed by atoms with van der Waals surface area (Å²) in [7, 11) is 3.48. The number of aliphatic hydroxyl groups excluding tert-OH is 1. The highest BCUT2D eigenvalue weighted by atomic mass is 16.5. The average Bonchev–Trinajstić information content (AvgIpc) is 2.47. The van der Waals surface area contributed by atoms with Crippen LogP contribution in [0, 0.1) is 0 Å². The first-order valence-electron chi connectivity index (χ1n) is 6.32. The highest BCUT2D eigenvalue weighted by Gasteiger charge is 2.11. The number of benzene rings is 2. The summed E-state index contributed by atoms with van der Waals surface area (Å²) >= 11 is 0. The molecule has 2 aromatic rings. The second-order valence-electron chi connectivity index (χ2n) is 4.40. The van der Waals surface area contributed by atoms with Gasteiger partial charge in [-0.1, -0.05) is 36.4 Å². The Morgan fingerprint density at radius 2 is 1.89 bits per heavy atom. The van der Waals surface area contributed by atoms with Crippen LogP contribution in [-0.2, 0) is 0 Å². The molecule has 0 heterocycles. The normalized spacial score (nSPS) is 12.2. The lowest BCUT2D eigenvalue weighted by Crippen LogP contribution is -2.16. The van der Waals surface area contributed by atoms with Crippen LogP contribution in [-0.4, -0.2) is 25.8 Å². The molecule has 0 saturated carbocycles. The Labute approximate surface area is 113 Å². The Morgan fingerprint density at radius 1 is 1.16 bits per heavy atom. The zero-order chi connectivity index (χ0) is 13.7. The summed E-state index contributed by atoms with van der Waals surface area (Å²) in [5, 5.41) is 13.0. The Balaban J connectivity index is 2.43. The maximum absolute atomic E-state index is 10.1. The van der Waals surface area contributed by atoms with E-state index in [4.69, 9.17) is 4.74 Å². The van der Waals surface area contributed by atoms with Crippen molar-refractivity contribution >= 4 is 0 Å². The molecule has 0 saturated heterocycles. The van der Waals surface area contributed by atoms with E-state index in [-0.39, 0.29) is 0 Å². The van der Waals surface area contributed by atoms with Crippen LogP contribution in [0.15, 0.2) is 48.5 Å². The lowest BCUT2D eigenvalue weighted by molar-refractivity contribution is 0.178. The molecule has 19 heavy (non-hydrogen) atoms. The minimum absolute atomic E-state index is 0.515. The molecule has 2 aromatic carbocycles. The van der Waals surface area contributed by atoms with Gasteiger partial charge < -0.3 is 15.2 Å². The maximum atomic E-state index is 10.1. The molecule has 0 aliphatic rings. The van der Waals surface area contributed by atoms with Crippen molar-refractivity contribution in [3.8, 4) is 16.9 Å². The largest absolute Gasteiger partial charge is 0.496 e. The van der Waals surface area contributed by atoms with Gasteiger partial charge in [-0.2, -0.15) is 0 Å². The van der Waals surface area contributed by atoms with Crippen LogP contribution in [0.25, 0.3) is 11.1 Å². The number of methoxy groups -OCH3 is 1. The maximum Gasteiger partial charge on any atom is 0.126 e. The summed E-state index contributed by atoms with van der Waals surface area (Å²) in [6.07, 6.45) is -0.515. The first-order valence-corrected chi connectivity index (χ1v) is 6.32. The quantitative estimate of drug-likeness (QED) is 0.865. The van der Waals surface area contributed by atoms with Gasteiger partial charge in [0.25, 0.3) is 0 Å². The zero-order valence-electron chi connectivity index (χ0n) is 11.3. The molecule has 3 nitrogen and oxygen atoms in total. The molecule has 0 spiro atoms. The first kappa shape index (κ1) is 13.6. The first-order chi connectivity index (χ1) is 9.26. The average molecular weight is 257 g/mol. The molecule has 3 heteroatoms. The number of rotatable bonds is 5. The van der Waals surface area contributed by atoms with Gasteiger partial charge in [-0.3, -0.25) is 0 Å². The van der Waals surface area contributed by atoms with E-state index in [9.17, 15) is 5.11 Å². The Hall–Kier alpha value is -1.84. The summed E-state index contributed by atoms with van der Waals surface area (Å²) in [5.74, 6) is 0.812. The number of nitrogens with one attached hydrogen (secondary N) is 1. The summed E-state index contributed by atoms with van der Waals surface area (Å²) in [4.78, 5) is 0. The molecule has 0 amide bonds. The van der Waals surface area contributed by atoms with E-state index in [2.05, 4.69) is 5.32 Å². The predicted molar refractivity (Wildman–Crippen MR) is 77.3 cm³/mol.